The van der Waals surface area contributed by atoms with E-state index in [4.69, 9.17) is 18.4 Å². The summed E-state index contributed by atoms with van der Waals surface area (Å²) < 4.78 is 83.2. The average molecular weight is 499 g/mol. The van der Waals surface area contributed by atoms with Gasteiger partial charge in [0.25, 0.3) is 6.29 Å². The molecule has 0 aromatic heterocycles. The molecule has 0 bridgehead atoms. The van der Waals surface area contributed by atoms with Gasteiger partial charge in [0.05, 0.1) is 13.4 Å². The van der Waals surface area contributed by atoms with E-state index in [1.807, 2.05) is 0 Å². The Kier molecular flexibility index (Phi) is 7.29. The molecule has 0 fully saturated rings. The van der Waals surface area contributed by atoms with Crippen LogP contribution < -0.4 is 22.6 Å². The zero-order chi connectivity index (χ0) is 24.1. The lowest BCUT2D eigenvalue weighted by Gasteiger charge is -2.21. The van der Waals surface area contributed by atoms with Crippen molar-refractivity contribution in [3.8, 4) is 28.7 Å². The molecule has 0 amide bonds. The third-order valence-electron chi connectivity index (χ3n) is 3.93. The van der Waals surface area contributed by atoms with E-state index in [-0.39, 0.29) is 23.0 Å². The van der Waals surface area contributed by atoms with Gasteiger partial charge in [-0.1, -0.05) is 16.0 Å². The largest absolute Gasteiger partial charge is 0.497 e. The van der Waals surface area contributed by atoms with Crippen molar-refractivity contribution in [1.29, 1.82) is 0 Å². The lowest BCUT2D eigenvalue weighted by molar-refractivity contribution is 0.00365. The van der Waals surface area contributed by atoms with Crippen LogP contribution in [0.2, 0.25) is 0 Å². The number of hydrogen-bond acceptors (Lipinski definition) is 9. The third kappa shape index (κ3) is 7.84. The molecule has 1 atom stereocenters. The van der Waals surface area contributed by atoms with E-state index in [0.717, 1.165) is 6.26 Å². The molecule has 3 rings (SSSR count). The van der Waals surface area contributed by atoms with E-state index < -0.39 is 26.9 Å². The van der Waals surface area contributed by atoms with Crippen LogP contribution in [0.5, 0.6) is 28.7 Å². The lowest BCUT2D eigenvalue weighted by Crippen LogP contribution is -2.15. The molecule has 0 aliphatic heterocycles. The van der Waals surface area contributed by atoms with Gasteiger partial charge in [0, 0.05) is 17.7 Å². The summed E-state index contributed by atoms with van der Waals surface area (Å²) in [6.07, 6.45) is -0.169. The monoisotopic (exact) mass is 498 g/mol. The first-order chi connectivity index (χ1) is 15.5. The van der Waals surface area contributed by atoms with Gasteiger partial charge in [0.15, 0.2) is 0 Å². The molecule has 33 heavy (non-hydrogen) atoms. The Morgan fingerprint density at radius 2 is 1.18 bits per heavy atom. The number of rotatable bonds is 10. The molecule has 1 unspecified atom stereocenters. The predicted molar refractivity (Wildman–Crippen MR) is 116 cm³/mol. The van der Waals surface area contributed by atoms with Crippen LogP contribution in [0.4, 0.5) is 3.89 Å². The van der Waals surface area contributed by atoms with Crippen molar-refractivity contribution < 1.29 is 43.3 Å². The second kappa shape index (κ2) is 9.96. The highest BCUT2D eigenvalue weighted by Crippen LogP contribution is 2.31. The molecular formula is C21H19FO9S2. The van der Waals surface area contributed by atoms with Gasteiger partial charge < -0.3 is 22.6 Å². The van der Waals surface area contributed by atoms with Crippen LogP contribution in [-0.4, -0.2) is 30.2 Å². The highest BCUT2D eigenvalue weighted by Gasteiger charge is 2.18. The second-order valence-electron chi connectivity index (χ2n) is 6.55. The van der Waals surface area contributed by atoms with Crippen molar-refractivity contribution in [2.45, 2.75) is 6.29 Å². The molecule has 0 aliphatic carbocycles. The van der Waals surface area contributed by atoms with Crippen LogP contribution >= 0.6 is 0 Å². The van der Waals surface area contributed by atoms with Gasteiger partial charge in [-0.15, -0.1) is 0 Å². The molecule has 0 spiro atoms. The highest BCUT2D eigenvalue weighted by atomic mass is 32.3. The van der Waals surface area contributed by atoms with Crippen molar-refractivity contribution in [2.75, 3.05) is 13.4 Å². The van der Waals surface area contributed by atoms with E-state index in [9.17, 15) is 20.7 Å². The first kappa shape index (κ1) is 24.1. The van der Waals surface area contributed by atoms with E-state index >= 15 is 0 Å². The van der Waals surface area contributed by atoms with E-state index in [1.165, 1.54) is 49.6 Å². The highest BCUT2D eigenvalue weighted by molar-refractivity contribution is 7.86. The Balaban J connectivity index is 1.91. The maximum Gasteiger partial charge on any atom is 0.488 e. The fourth-order valence-corrected chi connectivity index (χ4v) is 3.44. The Bertz CT molecular complexity index is 1230. The van der Waals surface area contributed by atoms with E-state index in [0.29, 0.717) is 11.3 Å². The molecule has 0 aliphatic rings. The summed E-state index contributed by atoms with van der Waals surface area (Å²) in [6.45, 7) is 0. The Morgan fingerprint density at radius 1 is 0.697 bits per heavy atom. The Labute approximate surface area is 190 Å². The maximum absolute atomic E-state index is 12.9. The molecule has 12 heteroatoms. The minimum absolute atomic E-state index is 0.0343. The number of ether oxygens (including phenoxy) is 3. The zero-order valence-corrected chi connectivity index (χ0v) is 19.0. The Morgan fingerprint density at radius 3 is 1.64 bits per heavy atom. The number of halogens is 1. The van der Waals surface area contributed by atoms with Crippen LogP contribution in [0.15, 0.2) is 72.8 Å². The number of methoxy groups -OCH3 is 1. The smallest absolute Gasteiger partial charge is 0.488 e. The van der Waals surface area contributed by atoms with Gasteiger partial charge in [0.2, 0.25) is 0 Å². The fraction of sp³-hybridized carbons (Fsp3) is 0.143. The number of hydrogen-bond donors (Lipinski definition) is 0. The second-order valence-corrected chi connectivity index (χ2v) is 9.08. The van der Waals surface area contributed by atoms with Gasteiger partial charge in [0.1, 0.15) is 28.7 Å². The van der Waals surface area contributed by atoms with Gasteiger partial charge in [-0.05, 0) is 48.5 Å². The van der Waals surface area contributed by atoms with Gasteiger partial charge in [-0.2, -0.15) is 16.8 Å². The molecule has 0 radical (unpaired) electrons. The fourth-order valence-electron chi connectivity index (χ4n) is 2.66. The quantitative estimate of drug-likeness (QED) is 0.234. The van der Waals surface area contributed by atoms with E-state index in [1.54, 1.807) is 30.3 Å². The molecule has 0 saturated heterocycles. The first-order valence-electron chi connectivity index (χ1n) is 9.22. The Hall–Kier alpha value is -3.51. The van der Waals surface area contributed by atoms with E-state index in [2.05, 4.69) is 4.18 Å². The van der Waals surface area contributed by atoms with Crippen molar-refractivity contribution in [3.05, 3.63) is 78.4 Å². The summed E-state index contributed by atoms with van der Waals surface area (Å²) in [5.41, 5.74) is 0.537. The summed E-state index contributed by atoms with van der Waals surface area (Å²) in [6, 6.07) is 17.9. The molecule has 3 aromatic rings. The SMILES string of the molecule is COc1ccc(C(Oc2cccc(OS(C)(=O)=O)c2)Oc2cccc(OS(=O)(=O)F)c2)cc1. The minimum atomic E-state index is -5.21. The summed E-state index contributed by atoms with van der Waals surface area (Å²) in [5.74, 6) is 0.653. The van der Waals surface area contributed by atoms with Crippen molar-refractivity contribution in [2.24, 2.45) is 0 Å². The molecule has 0 heterocycles. The molecule has 0 N–H and O–H groups in total. The first-order valence-corrected chi connectivity index (χ1v) is 12.3. The van der Waals surface area contributed by atoms with Crippen molar-refractivity contribution in [3.63, 3.8) is 0 Å². The predicted octanol–water partition coefficient (Wildman–Crippen LogP) is 3.78. The topological polar surface area (TPSA) is 114 Å². The summed E-state index contributed by atoms with van der Waals surface area (Å²) in [4.78, 5) is 0. The van der Waals surface area contributed by atoms with Crippen molar-refractivity contribution >= 4 is 20.6 Å². The third-order valence-corrected chi connectivity index (χ3v) is 4.82. The normalized spacial score (nSPS) is 12.5. The van der Waals surface area contributed by atoms with Crippen LogP contribution in [0, 0.1) is 0 Å². The van der Waals surface area contributed by atoms with Crippen molar-refractivity contribution in [1.82, 2.24) is 0 Å². The van der Waals surface area contributed by atoms with Gasteiger partial charge in [-0.25, -0.2) is 0 Å². The molecular weight excluding hydrogens is 479 g/mol. The van der Waals surface area contributed by atoms with Gasteiger partial charge >= 0.3 is 20.6 Å². The maximum atomic E-state index is 12.9. The standard InChI is InChI=1S/C21H19FO9S2/c1-27-16-11-9-15(10-12-16)21(28-17-5-3-7-19(13-17)30-32(2,23)24)29-18-6-4-8-20(14-18)31-33(22,25)26/h3-14,21H,1-2H3. The molecule has 0 saturated carbocycles. The lowest BCUT2D eigenvalue weighted by atomic mass is 10.2. The number of benzene rings is 3. The van der Waals surface area contributed by atoms with Crippen LogP contribution in [-0.2, 0) is 20.6 Å². The average Bonchev–Trinajstić information content (AvgIpc) is 2.71. The van der Waals surface area contributed by atoms with Crippen LogP contribution in [0.25, 0.3) is 0 Å². The molecule has 176 valence electrons. The molecule has 3 aromatic carbocycles. The summed E-state index contributed by atoms with van der Waals surface area (Å²) in [7, 11) is -7.45. The van der Waals surface area contributed by atoms with Crippen LogP contribution in [0.1, 0.15) is 11.9 Å². The minimum Gasteiger partial charge on any atom is -0.497 e. The summed E-state index contributed by atoms with van der Waals surface area (Å²) in [5, 5.41) is 0. The zero-order valence-electron chi connectivity index (χ0n) is 17.4. The summed E-state index contributed by atoms with van der Waals surface area (Å²) >= 11 is 0. The molecule has 9 nitrogen and oxygen atoms in total. The van der Waals surface area contributed by atoms with Gasteiger partial charge in [-0.3, -0.25) is 0 Å². The van der Waals surface area contributed by atoms with Crippen LogP contribution in [0.3, 0.4) is 0 Å².